The van der Waals surface area contributed by atoms with Gasteiger partial charge in [0.1, 0.15) is 5.02 Å². The summed E-state index contributed by atoms with van der Waals surface area (Å²) in [7, 11) is 1.56. The van der Waals surface area contributed by atoms with Crippen LogP contribution < -0.4 is 16.4 Å². The Morgan fingerprint density at radius 1 is 1.03 bits per heavy atom. The molecule has 31 heavy (non-hydrogen) atoms. The van der Waals surface area contributed by atoms with Gasteiger partial charge in [0, 0.05) is 24.7 Å². The van der Waals surface area contributed by atoms with Gasteiger partial charge in [0.05, 0.1) is 17.4 Å². The van der Waals surface area contributed by atoms with E-state index in [9.17, 15) is 9.59 Å². The summed E-state index contributed by atoms with van der Waals surface area (Å²) in [6.45, 7) is 1.83. The van der Waals surface area contributed by atoms with Gasteiger partial charge in [-0.1, -0.05) is 50.2 Å². The number of benzene rings is 2. The summed E-state index contributed by atoms with van der Waals surface area (Å²) in [5, 5.41) is 5.92. The minimum atomic E-state index is -0.209. The van der Waals surface area contributed by atoms with Crippen LogP contribution in [0.5, 0.6) is 0 Å². The van der Waals surface area contributed by atoms with Crippen LogP contribution >= 0.6 is 23.2 Å². The van der Waals surface area contributed by atoms with E-state index in [1.807, 2.05) is 19.1 Å². The van der Waals surface area contributed by atoms with E-state index in [1.165, 1.54) is 6.20 Å². The summed E-state index contributed by atoms with van der Waals surface area (Å²) in [6, 6.07) is 14.1. The molecule has 2 aromatic carbocycles. The molecule has 164 valence electrons. The normalized spacial score (nSPS) is 9.55. The molecule has 9 heteroatoms. The molecule has 4 N–H and O–H groups in total. The lowest BCUT2D eigenvalue weighted by molar-refractivity contribution is 0.0961. The van der Waals surface area contributed by atoms with Crippen molar-refractivity contribution in [1.29, 1.82) is 0 Å². The number of amides is 1. The zero-order chi connectivity index (χ0) is 22.1. The van der Waals surface area contributed by atoms with Gasteiger partial charge in [0.15, 0.2) is 11.6 Å². The second kappa shape index (κ2) is 12.5. The number of Topliss-reactive ketones (excluding diaryl/α,β-unsaturated/α-hetero) is 1. The Labute approximate surface area is 192 Å². The van der Waals surface area contributed by atoms with Gasteiger partial charge in [-0.25, -0.2) is 4.98 Å². The lowest BCUT2D eigenvalue weighted by atomic mass is 10.1. The van der Waals surface area contributed by atoms with Crippen molar-refractivity contribution in [3.05, 3.63) is 76.2 Å². The summed E-state index contributed by atoms with van der Waals surface area (Å²) < 4.78 is 0. The lowest BCUT2D eigenvalue weighted by Gasteiger charge is -2.11. The predicted molar refractivity (Wildman–Crippen MR) is 127 cm³/mol. The highest BCUT2D eigenvalue weighted by Crippen LogP contribution is 2.25. The van der Waals surface area contributed by atoms with Crippen molar-refractivity contribution in [3.8, 4) is 0 Å². The molecule has 0 unspecified atom stereocenters. The van der Waals surface area contributed by atoms with Gasteiger partial charge >= 0.3 is 0 Å². The average molecular weight is 462 g/mol. The maximum Gasteiger partial charge on any atom is 0.253 e. The van der Waals surface area contributed by atoms with E-state index in [-0.39, 0.29) is 24.4 Å². The number of rotatable bonds is 5. The third-order valence-corrected chi connectivity index (χ3v) is 4.41. The maximum atomic E-state index is 11.7. The lowest BCUT2D eigenvalue weighted by Crippen LogP contribution is -2.19. The van der Waals surface area contributed by atoms with E-state index < -0.39 is 0 Å². The van der Waals surface area contributed by atoms with Gasteiger partial charge in [-0.05, 0) is 35.9 Å². The van der Waals surface area contributed by atoms with E-state index in [4.69, 9.17) is 28.9 Å². The number of nitrogens with one attached hydrogen (secondary N) is 2. The SMILES string of the molecule is C.CCC(=O)c1ccccc1N.CNC(=O)c1ccccc1Nc1nc(Cl)ncc1Cl. The van der Waals surface area contributed by atoms with Crippen molar-refractivity contribution >= 4 is 52.1 Å². The molecule has 0 bridgehead atoms. The summed E-state index contributed by atoms with van der Waals surface area (Å²) in [4.78, 5) is 30.6. The molecule has 0 fully saturated rings. The van der Waals surface area contributed by atoms with Crippen LogP contribution in [0.25, 0.3) is 0 Å². The number of nitrogens with zero attached hydrogens (tertiary/aromatic N) is 2. The first kappa shape index (κ1) is 25.9. The van der Waals surface area contributed by atoms with Gasteiger partial charge in [0.25, 0.3) is 5.91 Å². The fourth-order valence-corrected chi connectivity index (χ4v) is 2.70. The highest BCUT2D eigenvalue weighted by molar-refractivity contribution is 6.33. The molecule has 0 spiro atoms. The number of ketones is 1. The number of hydrogen-bond acceptors (Lipinski definition) is 6. The Bertz CT molecular complexity index is 1040. The zero-order valence-corrected chi connectivity index (χ0v) is 18.0. The molecule has 3 aromatic rings. The van der Waals surface area contributed by atoms with E-state index in [2.05, 4.69) is 20.6 Å². The van der Waals surface area contributed by atoms with Crippen molar-refractivity contribution in [3.63, 3.8) is 0 Å². The number of aromatic nitrogens is 2. The number of para-hydroxylation sites is 2. The van der Waals surface area contributed by atoms with Crippen LogP contribution in [0.3, 0.4) is 0 Å². The number of halogens is 2. The van der Waals surface area contributed by atoms with Gasteiger partial charge in [0.2, 0.25) is 5.28 Å². The minimum absolute atomic E-state index is 0. The summed E-state index contributed by atoms with van der Waals surface area (Å²) in [6.07, 6.45) is 1.90. The summed E-state index contributed by atoms with van der Waals surface area (Å²) in [5.41, 5.74) is 7.84. The van der Waals surface area contributed by atoms with Crippen molar-refractivity contribution < 1.29 is 9.59 Å². The molecule has 1 amide bonds. The van der Waals surface area contributed by atoms with Crippen LogP contribution in [0, 0.1) is 0 Å². The third-order valence-electron chi connectivity index (χ3n) is 3.95. The van der Waals surface area contributed by atoms with Crippen LogP contribution in [0.4, 0.5) is 17.2 Å². The average Bonchev–Trinajstić information content (AvgIpc) is 2.76. The first-order chi connectivity index (χ1) is 14.4. The number of carbonyl (C=O) groups is 2. The monoisotopic (exact) mass is 461 g/mol. The number of carbonyl (C=O) groups excluding carboxylic acids is 2. The number of anilines is 3. The standard InChI is InChI=1S/C12H10Cl2N4O.C9H11NO.CH4/c1-15-11(19)7-4-2-3-5-9(7)17-10-8(13)6-16-12(14)18-10;1-2-9(11)7-5-3-4-6-8(7)10;/h2-6H,1H3,(H,15,19)(H,16,17,18);3-6H,2,10H2,1H3;1H4. The molecular weight excluding hydrogens is 437 g/mol. The highest BCUT2D eigenvalue weighted by Gasteiger charge is 2.11. The molecule has 1 aromatic heterocycles. The van der Waals surface area contributed by atoms with Crippen molar-refractivity contribution in [2.75, 3.05) is 18.1 Å². The quantitative estimate of drug-likeness (QED) is 0.267. The number of hydrogen-bond donors (Lipinski definition) is 3. The topological polar surface area (TPSA) is 110 Å². The Balaban J connectivity index is 0.000000344. The van der Waals surface area contributed by atoms with E-state index in [1.54, 1.807) is 43.4 Å². The van der Waals surface area contributed by atoms with Gasteiger partial charge in [-0.3, -0.25) is 9.59 Å². The van der Waals surface area contributed by atoms with Crippen molar-refractivity contribution in [2.45, 2.75) is 20.8 Å². The van der Waals surface area contributed by atoms with E-state index >= 15 is 0 Å². The number of nitrogen functional groups attached to an aromatic ring is 1. The maximum absolute atomic E-state index is 11.7. The van der Waals surface area contributed by atoms with Gasteiger partial charge in [-0.15, -0.1) is 0 Å². The van der Waals surface area contributed by atoms with Crippen molar-refractivity contribution in [1.82, 2.24) is 15.3 Å². The Hall–Kier alpha value is -3.16. The summed E-state index contributed by atoms with van der Waals surface area (Å²) >= 11 is 11.7. The highest BCUT2D eigenvalue weighted by atomic mass is 35.5. The Morgan fingerprint density at radius 3 is 2.26 bits per heavy atom. The van der Waals surface area contributed by atoms with Gasteiger partial charge < -0.3 is 16.4 Å². The van der Waals surface area contributed by atoms with Crippen LogP contribution in [0.2, 0.25) is 10.3 Å². The molecule has 0 saturated carbocycles. The Morgan fingerprint density at radius 2 is 1.65 bits per heavy atom. The first-order valence-corrected chi connectivity index (χ1v) is 9.76. The Kier molecular flexibility index (Phi) is 10.4. The molecular formula is C22H25Cl2N5O2. The summed E-state index contributed by atoms with van der Waals surface area (Å²) in [5.74, 6) is 0.237. The molecule has 0 aliphatic rings. The predicted octanol–water partition coefficient (Wildman–Crippen LogP) is 5.38. The zero-order valence-electron chi connectivity index (χ0n) is 16.4. The van der Waals surface area contributed by atoms with Crippen LogP contribution in [0.15, 0.2) is 54.7 Å². The molecule has 7 nitrogen and oxygen atoms in total. The molecule has 1 heterocycles. The van der Waals surface area contributed by atoms with E-state index in [0.29, 0.717) is 39.8 Å². The van der Waals surface area contributed by atoms with Crippen LogP contribution in [-0.4, -0.2) is 28.7 Å². The second-order valence-corrected chi connectivity index (χ2v) is 6.69. The molecule has 0 aliphatic carbocycles. The molecule has 0 radical (unpaired) electrons. The largest absolute Gasteiger partial charge is 0.398 e. The first-order valence-electron chi connectivity index (χ1n) is 9.01. The molecule has 0 saturated heterocycles. The molecule has 3 rings (SSSR count). The van der Waals surface area contributed by atoms with Crippen LogP contribution in [-0.2, 0) is 0 Å². The second-order valence-electron chi connectivity index (χ2n) is 5.95. The smallest absolute Gasteiger partial charge is 0.253 e. The molecule has 0 aliphatic heterocycles. The van der Waals surface area contributed by atoms with E-state index in [0.717, 1.165) is 0 Å². The minimum Gasteiger partial charge on any atom is -0.398 e. The fourth-order valence-electron chi connectivity index (χ4n) is 2.43. The van der Waals surface area contributed by atoms with Crippen molar-refractivity contribution in [2.24, 2.45) is 0 Å². The number of nitrogens with two attached hydrogens (primary N) is 1. The fraction of sp³-hybridized carbons (Fsp3) is 0.182. The molecule has 0 atom stereocenters. The van der Waals surface area contributed by atoms with Gasteiger partial charge in [-0.2, -0.15) is 4.98 Å². The third kappa shape index (κ3) is 7.24. The van der Waals surface area contributed by atoms with Crippen LogP contribution in [0.1, 0.15) is 41.5 Å².